The van der Waals surface area contributed by atoms with Gasteiger partial charge in [0, 0.05) is 12.0 Å². The third-order valence-electron chi connectivity index (χ3n) is 5.98. The molecule has 2 nitrogen and oxygen atoms in total. The van der Waals surface area contributed by atoms with Crippen molar-refractivity contribution in [1.29, 1.82) is 0 Å². The molecule has 4 bridgehead atoms. The Labute approximate surface area is 104 Å². The highest BCUT2D eigenvalue weighted by atomic mass is 16.2. The molecule has 5 rings (SSSR count). The fraction of sp³-hybridized carbons (Fsp3) is 0.933. The standard InChI is InChI=1S/C15H23NO/c1-8-2-13(8)15(17)16-14-11-4-9-3-10(6-11)7-12(14)5-9/h8-14H,2-7H2,1H3,(H,16,17). The van der Waals surface area contributed by atoms with E-state index in [-0.39, 0.29) is 0 Å². The minimum atomic E-state index is 0.354. The second-order valence-electron chi connectivity index (χ2n) is 7.28. The molecule has 0 heterocycles. The summed E-state index contributed by atoms with van der Waals surface area (Å²) < 4.78 is 0. The first-order valence-electron chi connectivity index (χ1n) is 7.51. The van der Waals surface area contributed by atoms with Crippen molar-refractivity contribution in [3.05, 3.63) is 0 Å². The summed E-state index contributed by atoms with van der Waals surface area (Å²) in [5, 5.41) is 3.42. The fourth-order valence-corrected chi connectivity index (χ4v) is 5.12. The van der Waals surface area contributed by atoms with Crippen molar-refractivity contribution in [3.8, 4) is 0 Å². The van der Waals surface area contributed by atoms with Crippen LogP contribution >= 0.6 is 0 Å². The molecule has 5 fully saturated rings. The van der Waals surface area contributed by atoms with Gasteiger partial charge in [0.05, 0.1) is 0 Å². The third-order valence-corrected chi connectivity index (χ3v) is 5.98. The zero-order valence-electron chi connectivity index (χ0n) is 10.7. The van der Waals surface area contributed by atoms with E-state index >= 15 is 0 Å². The van der Waals surface area contributed by atoms with Crippen molar-refractivity contribution in [2.75, 3.05) is 0 Å². The SMILES string of the molecule is CC1CC1C(=O)NC1C2CC3CC(C2)CC1C3. The van der Waals surface area contributed by atoms with Gasteiger partial charge in [0.2, 0.25) is 5.91 Å². The van der Waals surface area contributed by atoms with Gasteiger partial charge in [-0.1, -0.05) is 6.92 Å². The molecule has 0 aromatic carbocycles. The molecule has 1 N–H and O–H groups in total. The molecule has 2 unspecified atom stereocenters. The van der Waals surface area contributed by atoms with Gasteiger partial charge in [0.1, 0.15) is 0 Å². The summed E-state index contributed by atoms with van der Waals surface area (Å²) in [6.07, 6.45) is 8.22. The van der Waals surface area contributed by atoms with E-state index in [1.165, 1.54) is 32.1 Å². The molecule has 5 aliphatic carbocycles. The summed E-state index contributed by atoms with van der Waals surface area (Å²) >= 11 is 0. The van der Waals surface area contributed by atoms with Gasteiger partial charge in [-0.15, -0.1) is 0 Å². The van der Waals surface area contributed by atoms with Crippen molar-refractivity contribution in [2.45, 2.75) is 51.5 Å². The van der Waals surface area contributed by atoms with E-state index in [1.807, 2.05) is 0 Å². The second-order valence-corrected chi connectivity index (χ2v) is 7.28. The zero-order valence-corrected chi connectivity index (χ0v) is 10.7. The van der Waals surface area contributed by atoms with Gasteiger partial charge in [-0.3, -0.25) is 4.79 Å². The molecule has 0 aromatic heterocycles. The average molecular weight is 233 g/mol. The molecule has 17 heavy (non-hydrogen) atoms. The number of hydrogen-bond donors (Lipinski definition) is 1. The molecule has 5 saturated carbocycles. The molecule has 94 valence electrons. The van der Waals surface area contributed by atoms with Gasteiger partial charge < -0.3 is 5.32 Å². The van der Waals surface area contributed by atoms with Crippen molar-refractivity contribution in [3.63, 3.8) is 0 Å². The Morgan fingerprint density at radius 1 is 0.941 bits per heavy atom. The molecular formula is C15H23NO. The molecule has 2 heteroatoms. The first-order chi connectivity index (χ1) is 8.20. The smallest absolute Gasteiger partial charge is 0.223 e. The summed E-state index contributed by atoms with van der Waals surface area (Å²) in [5.74, 6) is 5.03. The highest BCUT2D eigenvalue weighted by Gasteiger charge is 2.50. The monoisotopic (exact) mass is 233 g/mol. The summed E-state index contributed by atoms with van der Waals surface area (Å²) in [4.78, 5) is 12.1. The van der Waals surface area contributed by atoms with Crippen LogP contribution in [0.4, 0.5) is 0 Å². The van der Waals surface area contributed by atoms with Gasteiger partial charge in [0.15, 0.2) is 0 Å². The lowest BCUT2D eigenvalue weighted by molar-refractivity contribution is -0.126. The molecular weight excluding hydrogens is 210 g/mol. The van der Waals surface area contributed by atoms with Crippen LogP contribution in [0.1, 0.15) is 45.4 Å². The predicted octanol–water partition coefficient (Wildman–Crippen LogP) is 2.58. The molecule has 0 aliphatic heterocycles. The summed E-state index contributed by atoms with van der Waals surface area (Å²) in [5.41, 5.74) is 0. The Bertz CT molecular complexity index is 323. The topological polar surface area (TPSA) is 29.1 Å². The normalized spacial score (nSPS) is 54.8. The van der Waals surface area contributed by atoms with E-state index in [1.54, 1.807) is 0 Å². The van der Waals surface area contributed by atoms with Crippen molar-refractivity contribution in [2.24, 2.45) is 35.5 Å². The van der Waals surface area contributed by atoms with Crippen LogP contribution in [-0.4, -0.2) is 11.9 Å². The van der Waals surface area contributed by atoms with Crippen LogP contribution < -0.4 is 5.32 Å². The van der Waals surface area contributed by atoms with Gasteiger partial charge in [0.25, 0.3) is 0 Å². The predicted molar refractivity (Wildman–Crippen MR) is 66.2 cm³/mol. The molecule has 0 radical (unpaired) electrons. The first-order valence-corrected chi connectivity index (χ1v) is 7.51. The Kier molecular flexibility index (Phi) is 2.13. The summed E-state index contributed by atoms with van der Waals surface area (Å²) in [6.45, 7) is 2.20. The molecule has 5 aliphatic rings. The Morgan fingerprint density at radius 2 is 1.47 bits per heavy atom. The Hall–Kier alpha value is -0.530. The van der Waals surface area contributed by atoms with E-state index < -0.39 is 0 Å². The van der Waals surface area contributed by atoms with E-state index in [9.17, 15) is 4.79 Å². The number of amides is 1. The molecule has 0 aromatic rings. The first kappa shape index (κ1) is 10.4. The Balaban J connectivity index is 1.46. The van der Waals surface area contributed by atoms with E-state index in [2.05, 4.69) is 12.2 Å². The molecule has 2 atom stereocenters. The third kappa shape index (κ3) is 1.63. The van der Waals surface area contributed by atoms with Crippen LogP contribution in [0.15, 0.2) is 0 Å². The number of rotatable bonds is 2. The number of nitrogens with one attached hydrogen (secondary N) is 1. The van der Waals surface area contributed by atoms with Gasteiger partial charge in [-0.05, 0) is 68.1 Å². The number of hydrogen-bond acceptors (Lipinski definition) is 1. The van der Waals surface area contributed by atoms with E-state index in [0.717, 1.165) is 30.1 Å². The van der Waals surface area contributed by atoms with Gasteiger partial charge in [-0.2, -0.15) is 0 Å². The van der Waals surface area contributed by atoms with Crippen LogP contribution in [0.3, 0.4) is 0 Å². The lowest BCUT2D eigenvalue weighted by atomic mass is 9.54. The minimum absolute atomic E-state index is 0.354. The van der Waals surface area contributed by atoms with Crippen molar-refractivity contribution in [1.82, 2.24) is 5.32 Å². The van der Waals surface area contributed by atoms with Crippen LogP contribution in [0.5, 0.6) is 0 Å². The van der Waals surface area contributed by atoms with Crippen LogP contribution in [0.2, 0.25) is 0 Å². The minimum Gasteiger partial charge on any atom is -0.353 e. The van der Waals surface area contributed by atoms with Crippen LogP contribution in [0.25, 0.3) is 0 Å². The number of carbonyl (C=O) groups is 1. The largest absolute Gasteiger partial charge is 0.353 e. The lowest BCUT2D eigenvalue weighted by Gasteiger charge is -2.54. The van der Waals surface area contributed by atoms with Crippen molar-refractivity contribution < 1.29 is 4.79 Å². The number of carbonyl (C=O) groups excluding carboxylic acids is 1. The molecule has 0 saturated heterocycles. The molecule has 1 amide bonds. The van der Waals surface area contributed by atoms with E-state index in [4.69, 9.17) is 0 Å². The van der Waals surface area contributed by atoms with Gasteiger partial charge in [-0.25, -0.2) is 0 Å². The highest BCUT2D eigenvalue weighted by Crippen LogP contribution is 2.54. The molecule has 0 spiro atoms. The van der Waals surface area contributed by atoms with E-state index in [0.29, 0.717) is 23.8 Å². The second kappa shape index (κ2) is 3.49. The summed E-state index contributed by atoms with van der Waals surface area (Å²) in [6, 6.07) is 0.545. The van der Waals surface area contributed by atoms with Crippen LogP contribution in [0, 0.1) is 35.5 Å². The zero-order chi connectivity index (χ0) is 11.6. The maximum Gasteiger partial charge on any atom is 0.223 e. The fourth-order valence-electron chi connectivity index (χ4n) is 5.12. The van der Waals surface area contributed by atoms with Crippen LogP contribution in [-0.2, 0) is 4.79 Å². The maximum atomic E-state index is 12.1. The van der Waals surface area contributed by atoms with Gasteiger partial charge >= 0.3 is 0 Å². The summed E-state index contributed by atoms with van der Waals surface area (Å²) in [7, 11) is 0. The Morgan fingerprint density at radius 3 is 1.94 bits per heavy atom. The average Bonchev–Trinajstić information content (AvgIpc) is 3.00. The quantitative estimate of drug-likeness (QED) is 0.780. The lowest BCUT2D eigenvalue weighted by Crippen LogP contribution is -2.56. The highest BCUT2D eigenvalue weighted by molar-refractivity contribution is 5.81. The van der Waals surface area contributed by atoms with Crippen molar-refractivity contribution >= 4 is 5.91 Å². The maximum absolute atomic E-state index is 12.1.